The molecular weight excluding hydrogens is 362 g/mol. The minimum absolute atomic E-state index is 0.121. The molecule has 1 aromatic heterocycles. The van der Waals surface area contributed by atoms with E-state index in [9.17, 15) is 4.79 Å². The van der Waals surface area contributed by atoms with Gasteiger partial charge in [0.05, 0.1) is 12.1 Å². The van der Waals surface area contributed by atoms with Gasteiger partial charge in [0.15, 0.2) is 0 Å². The lowest BCUT2D eigenvalue weighted by atomic mass is 10.1. The standard InChI is InChI=1S/C24H29N3O2/c1-5-27(24(28)15-23-18(2)25-26(4)19(23)3)16-20-11-13-22(14-12-20)29-17-21-9-7-6-8-10-21/h6-14H,5,15-17H2,1-4H3. The Kier molecular flexibility index (Phi) is 6.70. The molecule has 0 N–H and O–H groups in total. The van der Waals surface area contributed by atoms with Crippen LogP contribution in [-0.4, -0.2) is 27.1 Å². The molecule has 0 radical (unpaired) electrons. The quantitative estimate of drug-likeness (QED) is 0.578. The summed E-state index contributed by atoms with van der Waals surface area (Å²) >= 11 is 0. The Morgan fingerprint density at radius 2 is 1.72 bits per heavy atom. The molecule has 0 spiro atoms. The van der Waals surface area contributed by atoms with E-state index in [4.69, 9.17) is 4.74 Å². The van der Waals surface area contributed by atoms with E-state index in [0.717, 1.165) is 33.8 Å². The number of carbonyl (C=O) groups excluding carboxylic acids is 1. The predicted molar refractivity (Wildman–Crippen MR) is 115 cm³/mol. The van der Waals surface area contributed by atoms with Crippen LogP contribution in [0.15, 0.2) is 54.6 Å². The van der Waals surface area contributed by atoms with Crippen LogP contribution in [0, 0.1) is 13.8 Å². The van der Waals surface area contributed by atoms with Crippen molar-refractivity contribution in [2.45, 2.75) is 40.3 Å². The largest absolute Gasteiger partial charge is 0.489 e. The molecule has 0 bridgehead atoms. The lowest BCUT2D eigenvalue weighted by Gasteiger charge is -2.21. The number of ether oxygens (including phenoxy) is 1. The van der Waals surface area contributed by atoms with Crippen LogP contribution >= 0.6 is 0 Å². The maximum Gasteiger partial charge on any atom is 0.227 e. The highest BCUT2D eigenvalue weighted by Gasteiger charge is 2.18. The summed E-state index contributed by atoms with van der Waals surface area (Å²) in [5.41, 5.74) is 5.23. The molecule has 1 amide bonds. The molecular formula is C24H29N3O2. The highest BCUT2D eigenvalue weighted by atomic mass is 16.5. The summed E-state index contributed by atoms with van der Waals surface area (Å²) in [5, 5.41) is 4.41. The highest BCUT2D eigenvalue weighted by molar-refractivity contribution is 5.79. The molecule has 0 saturated carbocycles. The van der Waals surface area contributed by atoms with Crippen LogP contribution < -0.4 is 4.74 Å². The summed E-state index contributed by atoms with van der Waals surface area (Å²) in [6.45, 7) is 7.78. The van der Waals surface area contributed by atoms with E-state index in [2.05, 4.69) is 5.10 Å². The zero-order chi connectivity index (χ0) is 20.8. The fraction of sp³-hybridized carbons (Fsp3) is 0.333. The molecule has 5 heteroatoms. The molecule has 3 aromatic rings. The number of hydrogen-bond acceptors (Lipinski definition) is 3. The number of aryl methyl sites for hydroxylation is 2. The maximum atomic E-state index is 12.9. The summed E-state index contributed by atoms with van der Waals surface area (Å²) in [6.07, 6.45) is 0.387. The van der Waals surface area contributed by atoms with Gasteiger partial charge < -0.3 is 9.64 Å². The van der Waals surface area contributed by atoms with Gasteiger partial charge in [-0.1, -0.05) is 42.5 Å². The van der Waals surface area contributed by atoms with Gasteiger partial charge in [0, 0.05) is 31.4 Å². The van der Waals surface area contributed by atoms with Gasteiger partial charge >= 0.3 is 0 Å². The fourth-order valence-electron chi connectivity index (χ4n) is 3.37. The number of aromatic nitrogens is 2. The Balaban J connectivity index is 1.59. The Hall–Kier alpha value is -3.08. The number of likely N-dealkylation sites (N-methyl/N-ethyl adjacent to an activating group) is 1. The Morgan fingerprint density at radius 1 is 1.03 bits per heavy atom. The molecule has 5 nitrogen and oxygen atoms in total. The van der Waals surface area contributed by atoms with Crippen molar-refractivity contribution >= 4 is 5.91 Å². The zero-order valence-electron chi connectivity index (χ0n) is 17.7. The first-order valence-corrected chi connectivity index (χ1v) is 10.0. The second-order valence-corrected chi connectivity index (χ2v) is 7.28. The Labute approximate surface area is 172 Å². The summed E-state index contributed by atoms with van der Waals surface area (Å²) in [5.74, 6) is 0.949. The molecule has 0 aliphatic heterocycles. The first kappa shape index (κ1) is 20.6. The molecule has 29 heavy (non-hydrogen) atoms. The predicted octanol–water partition coefficient (Wildman–Crippen LogP) is 4.21. The molecule has 0 atom stereocenters. The van der Waals surface area contributed by atoms with Crippen molar-refractivity contribution in [1.82, 2.24) is 14.7 Å². The van der Waals surface area contributed by atoms with Crippen LogP contribution in [0.3, 0.4) is 0 Å². The second-order valence-electron chi connectivity index (χ2n) is 7.28. The number of hydrogen-bond donors (Lipinski definition) is 0. The maximum absolute atomic E-state index is 12.9. The van der Waals surface area contributed by atoms with E-state index in [-0.39, 0.29) is 5.91 Å². The molecule has 0 saturated heterocycles. The third-order valence-electron chi connectivity index (χ3n) is 5.27. The molecule has 0 unspecified atom stereocenters. The second kappa shape index (κ2) is 9.41. The molecule has 3 rings (SSSR count). The first-order chi connectivity index (χ1) is 14.0. The smallest absolute Gasteiger partial charge is 0.227 e. The number of carbonyl (C=O) groups is 1. The van der Waals surface area contributed by atoms with E-state index < -0.39 is 0 Å². The van der Waals surface area contributed by atoms with Gasteiger partial charge in [-0.05, 0) is 44.0 Å². The van der Waals surface area contributed by atoms with Crippen molar-refractivity contribution in [3.8, 4) is 5.75 Å². The number of rotatable bonds is 8. The van der Waals surface area contributed by atoms with E-state index in [1.54, 1.807) is 0 Å². The van der Waals surface area contributed by atoms with E-state index in [1.165, 1.54) is 0 Å². The highest BCUT2D eigenvalue weighted by Crippen LogP contribution is 2.17. The molecule has 2 aromatic carbocycles. The van der Waals surface area contributed by atoms with Crippen LogP contribution in [0.2, 0.25) is 0 Å². The Morgan fingerprint density at radius 3 is 2.31 bits per heavy atom. The Bertz CT molecular complexity index is 946. The number of amides is 1. The van der Waals surface area contributed by atoms with Crippen molar-refractivity contribution in [3.63, 3.8) is 0 Å². The van der Waals surface area contributed by atoms with Gasteiger partial charge in [0.2, 0.25) is 5.91 Å². The summed E-state index contributed by atoms with van der Waals surface area (Å²) in [4.78, 5) is 14.7. The lowest BCUT2D eigenvalue weighted by Crippen LogP contribution is -2.31. The first-order valence-electron chi connectivity index (χ1n) is 10.0. The summed E-state index contributed by atoms with van der Waals surface area (Å²) in [6, 6.07) is 18.1. The van der Waals surface area contributed by atoms with Gasteiger partial charge in [-0.15, -0.1) is 0 Å². The number of nitrogens with zero attached hydrogens (tertiary/aromatic N) is 3. The lowest BCUT2D eigenvalue weighted by molar-refractivity contribution is -0.130. The average molecular weight is 392 g/mol. The van der Waals surface area contributed by atoms with Gasteiger partial charge in [-0.3, -0.25) is 9.48 Å². The van der Waals surface area contributed by atoms with Crippen molar-refractivity contribution < 1.29 is 9.53 Å². The van der Waals surface area contributed by atoms with Crippen molar-refractivity contribution in [1.29, 1.82) is 0 Å². The molecule has 1 heterocycles. The SMILES string of the molecule is CCN(Cc1ccc(OCc2ccccc2)cc1)C(=O)Cc1c(C)nn(C)c1C. The third kappa shape index (κ3) is 5.25. The van der Waals surface area contributed by atoms with Gasteiger partial charge in [0.25, 0.3) is 0 Å². The van der Waals surface area contributed by atoms with Gasteiger partial charge in [-0.25, -0.2) is 0 Å². The zero-order valence-corrected chi connectivity index (χ0v) is 17.7. The van der Waals surface area contributed by atoms with E-state index in [0.29, 0.717) is 26.1 Å². The normalized spacial score (nSPS) is 10.8. The third-order valence-corrected chi connectivity index (χ3v) is 5.27. The van der Waals surface area contributed by atoms with Crippen molar-refractivity contribution in [2.24, 2.45) is 7.05 Å². The van der Waals surface area contributed by atoms with Crippen LogP contribution in [-0.2, 0) is 31.4 Å². The van der Waals surface area contributed by atoms with Crippen LogP contribution in [0.5, 0.6) is 5.75 Å². The summed E-state index contributed by atoms with van der Waals surface area (Å²) < 4.78 is 7.68. The van der Waals surface area contributed by atoms with Crippen LogP contribution in [0.1, 0.15) is 35.0 Å². The molecule has 0 aliphatic rings. The topological polar surface area (TPSA) is 47.4 Å². The summed E-state index contributed by atoms with van der Waals surface area (Å²) in [7, 11) is 1.91. The molecule has 152 valence electrons. The average Bonchev–Trinajstić information content (AvgIpc) is 2.98. The number of benzene rings is 2. The van der Waals surface area contributed by atoms with Gasteiger partial charge in [0.1, 0.15) is 12.4 Å². The minimum atomic E-state index is 0.121. The molecule has 0 aliphatic carbocycles. The van der Waals surface area contributed by atoms with E-state index >= 15 is 0 Å². The fourth-order valence-corrected chi connectivity index (χ4v) is 3.37. The van der Waals surface area contributed by atoms with Crippen molar-refractivity contribution in [3.05, 3.63) is 82.7 Å². The minimum Gasteiger partial charge on any atom is -0.489 e. The molecule has 0 fully saturated rings. The van der Waals surface area contributed by atoms with Crippen LogP contribution in [0.4, 0.5) is 0 Å². The van der Waals surface area contributed by atoms with Crippen LogP contribution in [0.25, 0.3) is 0 Å². The van der Waals surface area contributed by atoms with Crippen molar-refractivity contribution in [2.75, 3.05) is 6.54 Å². The monoisotopic (exact) mass is 391 g/mol. The van der Waals surface area contributed by atoms with Gasteiger partial charge in [-0.2, -0.15) is 5.10 Å². The van der Waals surface area contributed by atoms with E-state index in [1.807, 2.05) is 92.0 Å².